The molecule has 0 amide bonds. The summed E-state index contributed by atoms with van der Waals surface area (Å²) in [7, 11) is 4.04. The number of nitrogens with one attached hydrogen (secondary N) is 2. The van der Waals surface area contributed by atoms with E-state index >= 15 is 0 Å². The number of hydrogen-bond acceptors (Lipinski definition) is 9. The SMILES string of the molecule is Cc1cnc(NC2=C3CC(Oc4ncc(OCCN(C)C)cc4C)C=CC3N=CN2)cn1. The lowest BCUT2D eigenvalue weighted by atomic mass is 9.93. The van der Waals surface area contributed by atoms with Gasteiger partial charge in [0.1, 0.15) is 30.1 Å². The van der Waals surface area contributed by atoms with Crippen molar-refractivity contribution < 1.29 is 9.47 Å². The van der Waals surface area contributed by atoms with Crippen LogP contribution in [0.15, 0.2) is 53.2 Å². The summed E-state index contributed by atoms with van der Waals surface area (Å²) >= 11 is 0. The topological polar surface area (TPSA) is 96.8 Å². The predicted octanol–water partition coefficient (Wildman–Crippen LogP) is 2.46. The molecule has 0 aromatic carbocycles. The number of anilines is 1. The van der Waals surface area contributed by atoms with Crippen LogP contribution in [0.25, 0.3) is 0 Å². The Morgan fingerprint density at radius 3 is 2.75 bits per heavy atom. The predicted molar refractivity (Wildman–Crippen MR) is 124 cm³/mol. The Morgan fingerprint density at radius 2 is 2.00 bits per heavy atom. The minimum atomic E-state index is -0.149. The first-order valence-corrected chi connectivity index (χ1v) is 10.6. The van der Waals surface area contributed by atoms with E-state index in [0.717, 1.165) is 34.9 Å². The maximum absolute atomic E-state index is 6.22. The third-order valence-corrected chi connectivity index (χ3v) is 5.16. The van der Waals surface area contributed by atoms with Crippen LogP contribution < -0.4 is 20.1 Å². The van der Waals surface area contributed by atoms with Gasteiger partial charge >= 0.3 is 0 Å². The number of aryl methyl sites for hydroxylation is 2. The van der Waals surface area contributed by atoms with Crippen molar-refractivity contribution in [1.29, 1.82) is 0 Å². The average Bonchev–Trinajstić information content (AvgIpc) is 2.77. The first kappa shape index (κ1) is 21.8. The Morgan fingerprint density at radius 1 is 1.12 bits per heavy atom. The molecule has 2 aliphatic rings. The van der Waals surface area contributed by atoms with E-state index in [1.54, 1.807) is 24.9 Å². The third kappa shape index (κ3) is 5.42. The number of hydrogen-bond donors (Lipinski definition) is 2. The molecule has 2 N–H and O–H groups in total. The van der Waals surface area contributed by atoms with Crippen molar-refractivity contribution in [3.63, 3.8) is 0 Å². The van der Waals surface area contributed by atoms with Gasteiger partial charge in [-0.15, -0.1) is 0 Å². The molecule has 0 saturated carbocycles. The molecule has 9 nitrogen and oxygen atoms in total. The van der Waals surface area contributed by atoms with Gasteiger partial charge in [0.15, 0.2) is 0 Å². The van der Waals surface area contributed by atoms with E-state index in [4.69, 9.17) is 9.47 Å². The number of aliphatic imine (C=N–C) groups is 1. The lowest BCUT2D eigenvalue weighted by Crippen LogP contribution is -2.34. The van der Waals surface area contributed by atoms with Crippen LogP contribution in [0.1, 0.15) is 17.7 Å². The standard InChI is InChI=1S/C23H29N7O2/c1-15-9-18(31-8-7-30(3)4)12-26-23(15)32-17-5-6-20-19(10-17)22(28-14-27-20)29-21-13-24-16(2)11-25-21/h5-6,9,11-14,17,20H,7-8,10H2,1-4H3,(H,25,29)(H,27,28). The van der Waals surface area contributed by atoms with Gasteiger partial charge < -0.3 is 25.0 Å². The molecule has 4 rings (SSSR count). The second-order valence-electron chi connectivity index (χ2n) is 8.13. The molecule has 0 saturated heterocycles. The quantitative estimate of drug-likeness (QED) is 0.611. The van der Waals surface area contributed by atoms with Gasteiger partial charge in [0.25, 0.3) is 0 Å². The number of likely N-dealkylation sites (N-methyl/N-ethyl adjacent to an activating group) is 1. The number of fused-ring (bicyclic) bond motifs is 1. The second kappa shape index (κ2) is 9.78. The molecule has 2 aromatic rings. The smallest absolute Gasteiger partial charge is 0.217 e. The Hall–Kier alpha value is -3.46. The van der Waals surface area contributed by atoms with Crippen LogP contribution in [-0.4, -0.2) is 65.6 Å². The van der Waals surface area contributed by atoms with E-state index in [1.807, 2.05) is 40.1 Å². The molecule has 2 aromatic heterocycles. The van der Waals surface area contributed by atoms with Crippen molar-refractivity contribution in [3.05, 3.63) is 59.5 Å². The van der Waals surface area contributed by atoms with Crippen LogP contribution in [0, 0.1) is 13.8 Å². The zero-order valence-corrected chi connectivity index (χ0v) is 18.9. The molecule has 1 aliphatic heterocycles. The fourth-order valence-corrected chi connectivity index (χ4v) is 3.43. The highest BCUT2D eigenvalue weighted by Crippen LogP contribution is 2.29. The maximum atomic E-state index is 6.22. The van der Waals surface area contributed by atoms with Crippen LogP contribution in [0.3, 0.4) is 0 Å². The second-order valence-corrected chi connectivity index (χ2v) is 8.13. The van der Waals surface area contributed by atoms with Crippen molar-refractivity contribution in [2.75, 3.05) is 32.6 Å². The normalized spacial score (nSPS) is 19.5. The number of pyridine rings is 1. The Kier molecular flexibility index (Phi) is 6.65. The zero-order valence-electron chi connectivity index (χ0n) is 18.9. The molecule has 2 unspecified atom stereocenters. The highest BCUT2D eigenvalue weighted by molar-refractivity contribution is 5.64. The van der Waals surface area contributed by atoms with E-state index in [1.165, 1.54) is 0 Å². The summed E-state index contributed by atoms with van der Waals surface area (Å²) in [4.78, 5) is 19.8. The number of rotatable bonds is 8. The summed E-state index contributed by atoms with van der Waals surface area (Å²) < 4.78 is 12.0. The summed E-state index contributed by atoms with van der Waals surface area (Å²) in [5.41, 5.74) is 2.91. The van der Waals surface area contributed by atoms with Gasteiger partial charge in [0.2, 0.25) is 5.88 Å². The molecule has 2 atom stereocenters. The van der Waals surface area contributed by atoms with E-state index < -0.39 is 0 Å². The zero-order chi connectivity index (χ0) is 22.5. The summed E-state index contributed by atoms with van der Waals surface area (Å²) in [6.07, 6.45) is 11.5. The van der Waals surface area contributed by atoms with Crippen molar-refractivity contribution in [3.8, 4) is 11.6 Å². The van der Waals surface area contributed by atoms with E-state index in [0.29, 0.717) is 24.7 Å². The van der Waals surface area contributed by atoms with Crippen LogP contribution in [-0.2, 0) is 0 Å². The van der Waals surface area contributed by atoms with Crippen LogP contribution in [0.2, 0.25) is 0 Å². The third-order valence-electron chi connectivity index (χ3n) is 5.16. The molecular weight excluding hydrogens is 406 g/mol. The molecule has 0 spiro atoms. The van der Waals surface area contributed by atoms with Crippen molar-refractivity contribution in [2.24, 2.45) is 4.99 Å². The molecule has 0 fully saturated rings. The van der Waals surface area contributed by atoms with Crippen LogP contribution in [0.4, 0.5) is 5.82 Å². The molecule has 32 heavy (non-hydrogen) atoms. The highest BCUT2D eigenvalue weighted by atomic mass is 16.5. The van der Waals surface area contributed by atoms with Gasteiger partial charge in [-0.05, 0) is 40.1 Å². The molecule has 1 aliphatic carbocycles. The first-order valence-electron chi connectivity index (χ1n) is 10.6. The lowest BCUT2D eigenvalue weighted by molar-refractivity contribution is 0.229. The van der Waals surface area contributed by atoms with Crippen molar-refractivity contribution >= 4 is 12.2 Å². The summed E-state index contributed by atoms with van der Waals surface area (Å²) in [6.45, 7) is 5.35. The molecule has 168 valence electrons. The van der Waals surface area contributed by atoms with Gasteiger partial charge in [-0.25, -0.2) is 9.97 Å². The number of aromatic nitrogens is 3. The fourth-order valence-electron chi connectivity index (χ4n) is 3.43. The van der Waals surface area contributed by atoms with Gasteiger partial charge in [-0.2, -0.15) is 0 Å². The Labute approximate surface area is 188 Å². The largest absolute Gasteiger partial charge is 0.491 e. The van der Waals surface area contributed by atoms with E-state index in [-0.39, 0.29) is 12.1 Å². The van der Waals surface area contributed by atoms with Gasteiger partial charge in [0.05, 0.1) is 36.7 Å². The van der Waals surface area contributed by atoms with E-state index in [9.17, 15) is 0 Å². The van der Waals surface area contributed by atoms with Gasteiger partial charge in [0, 0.05) is 24.1 Å². The minimum Gasteiger partial charge on any atom is -0.491 e. The Balaban J connectivity index is 1.44. The minimum absolute atomic E-state index is 0.0291. The van der Waals surface area contributed by atoms with Gasteiger partial charge in [-0.1, -0.05) is 6.08 Å². The molecular formula is C23H29N7O2. The summed E-state index contributed by atoms with van der Waals surface area (Å²) in [6, 6.07) is 1.93. The number of nitrogens with zero attached hydrogens (tertiary/aromatic N) is 5. The first-order chi connectivity index (χ1) is 15.5. The fraction of sp³-hybridized carbons (Fsp3) is 0.391. The molecule has 3 heterocycles. The molecule has 0 bridgehead atoms. The van der Waals surface area contributed by atoms with Crippen LogP contribution >= 0.6 is 0 Å². The highest BCUT2D eigenvalue weighted by Gasteiger charge is 2.27. The van der Waals surface area contributed by atoms with Crippen molar-refractivity contribution in [2.45, 2.75) is 32.4 Å². The number of ether oxygens (including phenoxy) is 2. The Bertz CT molecular complexity index is 1030. The van der Waals surface area contributed by atoms with Crippen LogP contribution in [0.5, 0.6) is 11.6 Å². The van der Waals surface area contributed by atoms with Gasteiger partial charge in [-0.3, -0.25) is 9.98 Å². The monoisotopic (exact) mass is 435 g/mol. The maximum Gasteiger partial charge on any atom is 0.217 e. The summed E-state index contributed by atoms with van der Waals surface area (Å²) in [5.74, 6) is 2.88. The van der Waals surface area contributed by atoms with E-state index in [2.05, 4.69) is 41.6 Å². The molecule has 0 radical (unpaired) electrons. The summed E-state index contributed by atoms with van der Waals surface area (Å²) in [5, 5.41) is 6.51. The average molecular weight is 436 g/mol. The molecule has 9 heteroatoms. The lowest BCUT2D eigenvalue weighted by Gasteiger charge is -2.29. The van der Waals surface area contributed by atoms with Crippen molar-refractivity contribution in [1.82, 2.24) is 25.2 Å².